The molecule has 3 aromatic rings. The number of rotatable bonds is 2. The maximum atomic E-state index is 6.45. The molecule has 4 rings (SSSR count). The number of aromatic nitrogens is 1. The summed E-state index contributed by atoms with van der Waals surface area (Å²) in [5, 5.41) is 0. The molecule has 1 aliphatic carbocycles. The lowest BCUT2D eigenvalue weighted by Gasteiger charge is -2.11. The van der Waals surface area contributed by atoms with Gasteiger partial charge in [-0.05, 0) is 51.9 Å². The maximum absolute atomic E-state index is 6.45. The van der Waals surface area contributed by atoms with Crippen LogP contribution < -0.4 is 5.73 Å². The predicted octanol–water partition coefficient (Wildman–Crippen LogP) is 3.83. The zero-order valence-electron chi connectivity index (χ0n) is 11.7. The van der Waals surface area contributed by atoms with Crippen LogP contribution in [0.1, 0.15) is 22.3 Å². The molecule has 0 radical (unpaired) electrons. The first-order valence-electron chi connectivity index (χ1n) is 7.20. The topological polar surface area (TPSA) is 38.9 Å². The average Bonchev–Trinajstić information content (AvgIpc) is 2.91. The molecule has 0 amide bonds. The minimum Gasteiger partial charge on any atom is -0.398 e. The normalized spacial score (nSPS) is 12.0. The number of pyridine rings is 1. The maximum Gasteiger partial charge on any atom is 0.0392 e. The molecule has 1 aromatic heterocycles. The Morgan fingerprint density at radius 2 is 1.71 bits per heavy atom. The number of hydrogen-bond acceptors (Lipinski definition) is 2. The zero-order valence-corrected chi connectivity index (χ0v) is 11.7. The third-order valence-electron chi connectivity index (χ3n) is 4.27. The van der Waals surface area contributed by atoms with Crippen LogP contribution in [0.25, 0.3) is 11.1 Å². The summed E-state index contributed by atoms with van der Waals surface area (Å²) in [5.74, 6) is 0. The minimum atomic E-state index is 0.859. The van der Waals surface area contributed by atoms with Gasteiger partial charge in [-0.1, -0.05) is 36.4 Å². The fourth-order valence-corrected chi connectivity index (χ4v) is 3.16. The van der Waals surface area contributed by atoms with E-state index in [9.17, 15) is 0 Å². The van der Waals surface area contributed by atoms with Crippen molar-refractivity contribution in [1.82, 2.24) is 4.98 Å². The van der Waals surface area contributed by atoms with Gasteiger partial charge in [0, 0.05) is 24.5 Å². The summed E-state index contributed by atoms with van der Waals surface area (Å²) in [4.78, 5) is 4.06. The highest BCUT2D eigenvalue weighted by Gasteiger charge is 2.21. The summed E-state index contributed by atoms with van der Waals surface area (Å²) in [6, 6.07) is 17.0. The van der Waals surface area contributed by atoms with E-state index >= 15 is 0 Å². The summed E-state index contributed by atoms with van der Waals surface area (Å²) >= 11 is 0. The SMILES string of the molecule is Nc1c(Cc2ccncc2)ccc2c1Cc1ccccc1-2. The Bertz CT molecular complexity index is 807. The van der Waals surface area contributed by atoms with Crippen LogP contribution in [-0.2, 0) is 12.8 Å². The first-order chi connectivity index (χ1) is 10.3. The number of nitrogen functional groups attached to an aromatic ring is 1. The van der Waals surface area contributed by atoms with E-state index in [-0.39, 0.29) is 0 Å². The highest BCUT2D eigenvalue weighted by molar-refractivity contribution is 5.82. The summed E-state index contributed by atoms with van der Waals surface area (Å²) in [5.41, 5.74) is 15.1. The second-order valence-electron chi connectivity index (χ2n) is 5.53. The number of anilines is 1. The molecule has 102 valence electrons. The van der Waals surface area contributed by atoms with E-state index in [1.807, 2.05) is 24.5 Å². The van der Waals surface area contributed by atoms with Crippen LogP contribution in [0.2, 0.25) is 0 Å². The van der Waals surface area contributed by atoms with Crippen molar-refractivity contribution in [3.8, 4) is 11.1 Å². The van der Waals surface area contributed by atoms with Crippen molar-refractivity contribution in [2.45, 2.75) is 12.8 Å². The van der Waals surface area contributed by atoms with Crippen LogP contribution in [0.15, 0.2) is 60.9 Å². The Kier molecular flexibility index (Phi) is 2.74. The van der Waals surface area contributed by atoms with Gasteiger partial charge in [0.05, 0.1) is 0 Å². The smallest absolute Gasteiger partial charge is 0.0392 e. The molecule has 21 heavy (non-hydrogen) atoms. The monoisotopic (exact) mass is 272 g/mol. The Morgan fingerprint density at radius 3 is 2.57 bits per heavy atom. The predicted molar refractivity (Wildman–Crippen MR) is 86.1 cm³/mol. The molecular formula is C19H16N2. The Balaban J connectivity index is 1.76. The van der Waals surface area contributed by atoms with Crippen LogP contribution in [0.3, 0.4) is 0 Å². The number of nitrogens with zero attached hydrogens (tertiary/aromatic N) is 1. The highest BCUT2D eigenvalue weighted by atomic mass is 14.6. The third-order valence-corrected chi connectivity index (χ3v) is 4.27. The van der Waals surface area contributed by atoms with Crippen LogP contribution in [-0.4, -0.2) is 4.98 Å². The standard InChI is InChI=1S/C19H16N2/c20-19-15(11-13-7-9-21-10-8-13)5-6-17-16-4-2-1-3-14(16)12-18(17)19/h1-10H,11-12,20H2. The fraction of sp³-hybridized carbons (Fsp3) is 0.105. The number of fused-ring (bicyclic) bond motifs is 3. The first kappa shape index (κ1) is 12.2. The molecule has 0 unspecified atom stereocenters. The van der Waals surface area contributed by atoms with Gasteiger partial charge in [-0.2, -0.15) is 0 Å². The van der Waals surface area contributed by atoms with Crippen molar-refractivity contribution in [3.63, 3.8) is 0 Å². The van der Waals surface area contributed by atoms with Crippen LogP contribution in [0.4, 0.5) is 5.69 Å². The molecule has 0 aliphatic heterocycles. The van der Waals surface area contributed by atoms with Gasteiger partial charge in [0.2, 0.25) is 0 Å². The molecule has 0 spiro atoms. The number of nitrogens with two attached hydrogens (primary N) is 1. The summed E-state index contributed by atoms with van der Waals surface area (Å²) in [7, 11) is 0. The van der Waals surface area contributed by atoms with Crippen molar-refractivity contribution >= 4 is 5.69 Å². The lowest BCUT2D eigenvalue weighted by atomic mass is 9.97. The fourth-order valence-electron chi connectivity index (χ4n) is 3.16. The lowest BCUT2D eigenvalue weighted by molar-refractivity contribution is 1.15. The van der Waals surface area contributed by atoms with E-state index in [1.165, 1.54) is 33.4 Å². The van der Waals surface area contributed by atoms with E-state index in [2.05, 4.69) is 41.4 Å². The van der Waals surface area contributed by atoms with Gasteiger partial charge in [0.1, 0.15) is 0 Å². The molecule has 1 aliphatic rings. The van der Waals surface area contributed by atoms with Crippen LogP contribution in [0.5, 0.6) is 0 Å². The van der Waals surface area contributed by atoms with Gasteiger partial charge in [0.25, 0.3) is 0 Å². The van der Waals surface area contributed by atoms with Gasteiger partial charge >= 0.3 is 0 Å². The molecule has 0 atom stereocenters. The van der Waals surface area contributed by atoms with E-state index < -0.39 is 0 Å². The summed E-state index contributed by atoms with van der Waals surface area (Å²) in [6.07, 6.45) is 5.46. The van der Waals surface area contributed by atoms with Gasteiger partial charge in [-0.25, -0.2) is 0 Å². The van der Waals surface area contributed by atoms with Crippen molar-refractivity contribution in [1.29, 1.82) is 0 Å². The Morgan fingerprint density at radius 1 is 0.905 bits per heavy atom. The average molecular weight is 272 g/mol. The molecule has 2 nitrogen and oxygen atoms in total. The largest absolute Gasteiger partial charge is 0.398 e. The Hall–Kier alpha value is -2.61. The van der Waals surface area contributed by atoms with E-state index in [0.29, 0.717) is 0 Å². The van der Waals surface area contributed by atoms with Crippen molar-refractivity contribution < 1.29 is 0 Å². The van der Waals surface area contributed by atoms with Crippen molar-refractivity contribution in [2.24, 2.45) is 0 Å². The lowest BCUT2D eigenvalue weighted by Crippen LogP contribution is -2.00. The number of benzene rings is 2. The molecule has 0 saturated carbocycles. The quantitative estimate of drug-likeness (QED) is 0.563. The molecule has 0 saturated heterocycles. The first-order valence-corrected chi connectivity index (χ1v) is 7.20. The van der Waals surface area contributed by atoms with Gasteiger partial charge in [-0.3, -0.25) is 4.98 Å². The molecule has 2 aromatic carbocycles. The van der Waals surface area contributed by atoms with Gasteiger partial charge < -0.3 is 5.73 Å². The second kappa shape index (κ2) is 4.74. The van der Waals surface area contributed by atoms with E-state index in [1.54, 1.807) is 0 Å². The third kappa shape index (κ3) is 2.00. The minimum absolute atomic E-state index is 0.859. The molecule has 2 heteroatoms. The summed E-state index contributed by atoms with van der Waals surface area (Å²) in [6.45, 7) is 0. The van der Waals surface area contributed by atoms with Crippen molar-refractivity contribution in [3.05, 3.63) is 83.2 Å². The number of hydrogen-bond donors (Lipinski definition) is 1. The van der Waals surface area contributed by atoms with Crippen LogP contribution in [0, 0.1) is 0 Å². The highest BCUT2D eigenvalue weighted by Crippen LogP contribution is 2.40. The molecule has 1 heterocycles. The van der Waals surface area contributed by atoms with Gasteiger partial charge in [0.15, 0.2) is 0 Å². The molecule has 0 fully saturated rings. The molecule has 0 bridgehead atoms. The molecular weight excluding hydrogens is 256 g/mol. The zero-order chi connectivity index (χ0) is 14.2. The van der Waals surface area contributed by atoms with E-state index in [0.717, 1.165) is 18.5 Å². The van der Waals surface area contributed by atoms with E-state index in [4.69, 9.17) is 5.73 Å². The van der Waals surface area contributed by atoms with Crippen LogP contribution >= 0.6 is 0 Å². The van der Waals surface area contributed by atoms with Crippen molar-refractivity contribution in [2.75, 3.05) is 5.73 Å². The van der Waals surface area contributed by atoms with Gasteiger partial charge in [-0.15, -0.1) is 0 Å². The second-order valence-corrected chi connectivity index (χ2v) is 5.53. The summed E-state index contributed by atoms with van der Waals surface area (Å²) < 4.78 is 0. The molecule has 2 N–H and O–H groups in total. The Labute approximate surface area is 124 Å².